The van der Waals surface area contributed by atoms with Gasteiger partial charge in [-0.25, -0.2) is 78.6 Å². The standard InChI is InChI=1S/C10H12N6O2.C9H12N6.C6H6ClN5.C6H8N6.C6H7N5O.2C6H7N5.2C6H9N3O.C6H8N2O2.C5H7N3O.C5H6N2O2/c1-16-4-12-5-6(13-9(11)14-7(5)16)15-10(2-3-10)8(17)18;1-15-4-11-6-7(12-5-2-3-5)13-9(10)14-8(6)15;2*1-12-2-9-3-4(7)10-6(8)11-5(3)12;1-11-2-8-3-4(11)9-6(7)10-5(3)12;1-11-3-10-4-5(7)8-2-9-6(4)11;1-11-3-9-4-2-8-6(7)10-5(4)11;2*1-4-3-9(2)6(10)8-5(4)7;1-4-3-8(2)6(10)7-5(4)9;1-8-3-2-4(6)7-5(8)9;1-7-3-2-4(8)6-5(7)9/h4H,2-3H2,1H3,(H,17,18)(H3,11,13,14,15);4-5H,2-3H2,1H3,(H3,10,12,13,14);2H,1H3,(H2,8,10,11);2H,1H3,(H4,7,8,10,11);2H,1H3,(H3,7,9,10,12);2-3H,1H3,(H2,7,8,9);2-3H,1H3,(H2,7,8,10);2*3H,1-2H3,(H2,7,8,10);3H,1-2H3,(H,7,9,10);2-3H,1H3,(H2,6,7,9);2-3H,1H3,(H,6,8,9). The van der Waals surface area contributed by atoms with E-state index in [1.165, 1.54) is 66.8 Å². The summed E-state index contributed by atoms with van der Waals surface area (Å²) in [5, 5.41) is 15.7. The summed E-state index contributed by atoms with van der Waals surface area (Å²) in [5.74, 6) is 2.96. The van der Waals surface area contributed by atoms with Crippen molar-refractivity contribution in [3.05, 3.63) is 205 Å². The normalized spacial score (nSPS) is 11.7. The number of aromatic nitrogens is 38. The highest BCUT2D eigenvalue weighted by atomic mass is 35.5. The number of H-pyrrole nitrogens is 3. The van der Waals surface area contributed by atoms with Gasteiger partial charge in [0.15, 0.2) is 84.5 Å². The Morgan fingerprint density at radius 2 is 0.806 bits per heavy atom. The fourth-order valence-electron chi connectivity index (χ4n) is 11.4. The van der Waals surface area contributed by atoms with Gasteiger partial charge in [0.1, 0.15) is 51.4 Å². The summed E-state index contributed by atoms with van der Waals surface area (Å²) in [7, 11) is 20.9. The zero-order valence-electron chi connectivity index (χ0n) is 77.1. The average molecular weight is 1930 g/mol. The van der Waals surface area contributed by atoms with Gasteiger partial charge >= 0.3 is 34.4 Å². The van der Waals surface area contributed by atoms with Crippen LogP contribution in [0, 0.1) is 20.8 Å². The molecule has 0 aliphatic heterocycles. The number of fused-ring (bicyclic) bond motifs is 7. The maximum Gasteiger partial charge on any atom is 0.349 e. The Bertz CT molecular complexity index is 8020. The van der Waals surface area contributed by atoms with Crippen molar-refractivity contribution >= 4 is 172 Å². The van der Waals surface area contributed by atoms with E-state index in [-0.39, 0.29) is 91.8 Å². The molecule has 19 heterocycles. The van der Waals surface area contributed by atoms with Crippen LogP contribution in [0.3, 0.4) is 0 Å². The van der Waals surface area contributed by atoms with E-state index in [1.54, 1.807) is 152 Å². The van der Waals surface area contributed by atoms with E-state index in [9.17, 15) is 43.2 Å². The SMILES string of the molecule is Cc1cn(C)c(=O)[nH]c1=O.Cc1cn(C)c(=O)nc1N.Cc1cn(C)c(=O)nc1N.Cn1ccc(=O)[nH]c1=O.Cn1ccc(N)nc1=O.Cn1cnc2c(=O)[nH]c(N)nc21.Cn1cnc2c(Cl)nc(N)nc21.Cn1cnc2c(N)nc(N)nc21.Cn1cnc2c(N)ncnc21.Cn1cnc2c(NC3(C(=O)O)CC3)nc(N)nc21.Cn1cnc2c(NC3CC3)nc(N)nc21.Cn1cnc2cnc(N)nc21. The minimum absolute atomic E-state index is 0.0924. The first-order valence-corrected chi connectivity index (χ1v) is 40.8. The van der Waals surface area contributed by atoms with Crippen LogP contribution in [0.25, 0.3) is 78.1 Å². The number of carboxylic acids is 1. The number of hydrogen-bond acceptors (Lipinski definition) is 45. The number of halogens is 1. The maximum atomic E-state index is 11.2. The number of nitrogen functional groups attached to an aromatic ring is 11. The minimum atomic E-state index is -0.925. The van der Waals surface area contributed by atoms with E-state index in [0.29, 0.717) is 104 Å². The quantitative estimate of drug-likeness (QED) is 0.0760. The van der Waals surface area contributed by atoms with Crippen molar-refractivity contribution in [2.24, 2.45) is 84.6 Å². The molecule has 139 heavy (non-hydrogen) atoms. The Labute approximate surface area is 784 Å². The van der Waals surface area contributed by atoms with Crippen molar-refractivity contribution in [3.63, 3.8) is 0 Å². The van der Waals surface area contributed by atoms with Gasteiger partial charge in [0, 0.05) is 144 Å². The summed E-state index contributed by atoms with van der Waals surface area (Å²) in [4.78, 5) is 194. The molecule has 0 amide bonds. The predicted octanol–water partition coefficient (Wildman–Crippen LogP) is -3.09. The van der Waals surface area contributed by atoms with Crippen molar-refractivity contribution in [2.45, 2.75) is 58.0 Å². The van der Waals surface area contributed by atoms with E-state index in [1.807, 2.05) is 53.7 Å². The number of rotatable bonds is 5. The fraction of sp³-hybridized carbons (Fsp3) is 0.273. The molecule has 2 fully saturated rings. The third-order valence-electron chi connectivity index (χ3n) is 19.2. The zero-order chi connectivity index (χ0) is 102. The summed E-state index contributed by atoms with van der Waals surface area (Å²) >= 11 is 5.77. The van der Waals surface area contributed by atoms with Crippen LogP contribution in [-0.2, 0) is 89.4 Å². The van der Waals surface area contributed by atoms with Crippen LogP contribution in [-0.4, -0.2) is 207 Å². The highest BCUT2D eigenvalue weighted by molar-refractivity contribution is 6.33. The number of nitrogens with two attached hydrogens (primary N) is 11. The molecular formula is C77H98ClN51O10. The van der Waals surface area contributed by atoms with Crippen LogP contribution >= 0.6 is 11.6 Å². The predicted molar refractivity (Wildman–Crippen MR) is 518 cm³/mol. The Kier molecular flexibility index (Phi) is 32.2. The Balaban J connectivity index is 0.000000157. The van der Waals surface area contributed by atoms with Gasteiger partial charge in [-0.2, -0.15) is 64.8 Å². The number of anilines is 13. The number of hydrogen-bond donors (Lipinski definition) is 17. The van der Waals surface area contributed by atoms with Crippen molar-refractivity contribution in [3.8, 4) is 0 Å². The number of aryl methyl sites for hydroxylation is 15. The lowest BCUT2D eigenvalue weighted by molar-refractivity contribution is -0.138. The smallest absolute Gasteiger partial charge is 0.349 e. The molecule has 0 atom stereocenters. The first-order valence-electron chi connectivity index (χ1n) is 40.4. The molecule has 0 bridgehead atoms. The Morgan fingerprint density at radius 1 is 0.381 bits per heavy atom. The summed E-state index contributed by atoms with van der Waals surface area (Å²) in [5.41, 5.74) is 67.3. The summed E-state index contributed by atoms with van der Waals surface area (Å²) in [6, 6.07) is 3.40. The highest BCUT2D eigenvalue weighted by Crippen LogP contribution is 2.40. The molecule has 0 radical (unpaired) electrons. The molecule has 62 heteroatoms. The zero-order valence-corrected chi connectivity index (χ0v) is 77.9. The van der Waals surface area contributed by atoms with Gasteiger partial charge in [0.05, 0.1) is 50.5 Å². The number of aliphatic carboxylic acids is 1. The van der Waals surface area contributed by atoms with Crippen LogP contribution in [0.5, 0.6) is 0 Å². The molecule has 2 saturated carbocycles. The second-order valence-electron chi connectivity index (χ2n) is 30.4. The summed E-state index contributed by atoms with van der Waals surface area (Å²) in [6.07, 6.45) is 25.8. The fourth-order valence-corrected chi connectivity index (χ4v) is 11.6. The lowest BCUT2D eigenvalue weighted by Gasteiger charge is -2.13. The van der Waals surface area contributed by atoms with E-state index in [4.69, 9.17) is 79.8 Å². The van der Waals surface area contributed by atoms with E-state index in [2.05, 4.69) is 140 Å². The average Bonchev–Trinajstić information content (AvgIpc) is 1.60. The van der Waals surface area contributed by atoms with Gasteiger partial charge in [-0.15, -0.1) is 0 Å². The molecule has 0 unspecified atom stereocenters. The van der Waals surface area contributed by atoms with E-state index in [0.717, 1.165) is 44.9 Å². The summed E-state index contributed by atoms with van der Waals surface area (Å²) in [6.45, 7) is 5.27. The monoisotopic (exact) mass is 1930 g/mol. The first kappa shape index (κ1) is 102. The molecule has 2 aliphatic carbocycles. The number of nitrogens with zero attached hydrogens (tertiary/aromatic N) is 35. The number of carbonyl (C=O) groups is 1. The second kappa shape index (κ2) is 43.9. The van der Waals surface area contributed by atoms with Crippen LogP contribution < -0.4 is 119 Å². The van der Waals surface area contributed by atoms with E-state index >= 15 is 0 Å². The molecule has 0 saturated heterocycles. The number of imidazole rings is 7. The molecule has 19 aromatic heterocycles. The number of nitrogens with one attached hydrogen (secondary N) is 5. The molecular weight excluding hydrogens is 1830 g/mol. The number of aromatic amines is 3. The van der Waals surface area contributed by atoms with Crippen LogP contribution in [0.4, 0.5) is 76.4 Å². The lowest BCUT2D eigenvalue weighted by atomic mass is 10.2. The molecule has 21 rings (SSSR count). The van der Waals surface area contributed by atoms with Gasteiger partial charge in [-0.1, -0.05) is 11.6 Å². The van der Waals surface area contributed by atoms with Gasteiger partial charge in [0.25, 0.3) is 16.7 Å². The topological polar surface area (TPSA) is 887 Å². The van der Waals surface area contributed by atoms with E-state index < -0.39 is 11.5 Å². The molecule has 0 aromatic carbocycles. The summed E-state index contributed by atoms with van der Waals surface area (Å²) < 4.78 is 19.0. The van der Waals surface area contributed by atoms with Crippen molar-refractivity contribution in [1.29, 1.82) is 0 Å². The van der Waals surface area contributed by atoms with Gasteiger partial charge < -0.3 is 134 Å². The molecule has 0 spiro atoms. The van der Waals surface area contributed by atoms with Crippen molar-refractivity contribution in [1.82, 2.24) is 184 Å². The van der Waals surface area contributed by atoms with Crippen molar-refractivity contribution < 1.29 is 9.90 Å². The van der Waals surface area contributed by atoms with Crippen molar-refractivity contribution in [2.75, 3.05) is 73.7 Å². The maximum absolute atomic E-state index is 11.2. The molecule has 728 valence electrons. The Hall–Kier alpha value is -19.2. The van der Waals surface area contributed by atoms with Gasteiger partial charge in [0.2, 0.25) is 35.7 Å². The highest BCUT2D eigenvalue weighted by Gasteiger charge is 2.51. The largest absolute Gasteiger partial charge is 0.480 e. The van der Waals surface area contributed by atoms with Gasteiger partial charge in [-0.05, 0) is 52.5 Å². The molecule has 28 N–H and O–H groups in total. The molecule has 19 aromatic rings. The first-order chi connectivity index (χ1) is 65.6. The third-order valence-corrected chi connectivity index (χ3v) is 19.5. The van der Waals surface area contributed by atoms with Crippen LogP contribution in [0.15, 0.2) is 138 Å². The van der Waals surface area contributed by atoms with Gasteiger partial charge in [-0.3, -0.25) is 29.3 Å². The van der Waals surface area contributed by atoms with Crippen LogP contribution in [0.1, 0.15) is 42.4 Å². The third kappa shape index (κ3) is 26.4. The second-order valence-corrected chi connectivity index (χ2v) is 30.7. The molecule has 2 aliphatic rings. The molecule has 61 nitrogen and oxygen atoms in total. The number of carboxylic acid groups (broad SMARTS) is 1. The van der Waals surface area contributed by atoms with Crippen LogP contribution in [0.2, 0.25) is 5.15 Å². The Morgan fingerprint density at radius 3 is 1.29 bits per heavy atom. The minimum Gasteiger partial charge on any atom is -0.480 e. The lowest BCUT2D eigenvalue weighted by Crippen LogP contribution is -2.32.